The number of pyridine rings is 1. The van der Waals surface area contributed by atoms with E-state index in [-0.39, 0.29) is 0 Å². The predicted octanol–water partition coefficient (Wildman–Crippen LogP) is 5.44. The fourth-order valence-corrected chi connectivity index (χ4v) is 2.87. The summed E-state index contributed by atoms with van der Waals surface area (Å²) in [6.07, 6.45) is 4.03. The molecule has 2 aromatic heterocycles. The van der Waals surface area contributed by atoms with Crippen LogP contribution in [0.1, 0.15) is 11.1 Å². The largest absolute Gasteiger partial charge is 0.489 e. The Morgan fingerprint density at radius 2 is 1.92 bits per heavy atom. The van der Waals surface area contributed by atoms with Crippen molar-refractivity contribution in [2.75, 3.05) is 0 Å². The van der Waals surface area contributed by atoms with Gasteiger partial charge in [0, 0.05) is 18.0 Å². The third-order valence-corrected chi connectivity index (χ3v) is 4.29. The third-order valence-electron chi connectivity index (χ3n) is 4.29. The van der Waals surface area contributed by atoms with Gasteiger partial charge in [0.15, 0.2) is 5.69 Å². The molecule has 0 bridgehead atoms. The zero-order valence-corrected chi connectivity index (χ0v) is 14.4. The molecule has 0 N–H and O–H groups in total. The van der Waals surface area contributed by atoms with E-state index < -0.39 is 0 Å². The number of hydrogen-bond donors (Lipinski definition) is 0. The topological polar surface area (TPSA) is 30.9 Å². The second kappa shape index (κ2) is 6.73. The zero-order chi connectivity index (χ0) is 17.9. The fourth-order valence-electron chi connectivity index (χ4n) is 2.87. The van der Waals surface area contributed by atoms with E-state index in [2.05, 4.69) is 15.9 Å². The molecule has 26 heavy (non-hydrogen) atoms. The smallest absolute Gasteiger partial charge is 0.187 e. The summed E-state index contributed by atoms with van der Waals surface area (Å²) in [6.45, 7) is 9.51. The number of benzene rings is 2. The molecule has 4 rings (SSSR count). The third kappa shape index (κ3) is 3.15. The summed E-state index contributed by atoms with van der Waals surface area (Å²) in [5.41, 5.74) is 5.70. The number of rotatable bonds is 4. The van der Waals surface area contributed by atoms with Crippen LogP contribution in [0, 0.1) is 13.5 Å². The van der Waals surface area contributed by atoms with Gasteiger partial charge >= 0.3 is 0 Å². The summed E-state index contributed by atoms with van der Waals surface area (Å²) in [7, 11) is 0. The normalized spacial score (nSPS) is 10.6. The molecule has 4 heteroatoms. The number of hydrogen-bond acceptors (Lipinski definition) is 2. The van der Waals surface area contributed by atoms with Gasteiger partial charge in [-0.15, -0.1) is 0 Å². The molecule has 4 aromatic rings. The number of imidazole rings is 1. The van der Waals surface area contributed by atoms with Crippen molar-refractivity contribution in [3.05, 3.63) is 95.6 Å². The van der Waals surface area contributed by atoms with Gasteiger partial charge in [-0.1, -0.05) is 30.3 Å². The van der Waals surface area contributed by atoms with Crippen LogP contribution in [0.4, 0.5) is 5.69 Å². The Balaban J connectivity index is 1.52. The van der Waals surface area contributed by atoms with Crippen LogP contribution in [-0.2, 0) is 6.61 Å². The highest BCUT2D eigenvalue weighted by Gasteiger charge is 2.07. The van der Waals surface area contributed by atoms with Crippen molar-refractivity contribution in [1.82, 2.24) is 9.38 Å². The second-order valence-electron chi connectivity index (χ2n) is 6.14. The number of fused-ring (bicyclic) bond motifs is 1. The van der Waals surface area contributed by atoms with Crippen molar-refractivity contribution in [3.8, 4) is 17.0 Å². The van der Waals surface area contributed by atoms with Gasteiger partial charge in [-0.05, 0) is 48.4 Å². The number of aromatic nitrogens is 2. The maximum atomic E-state index is 6.99. The van der Waals surface area contributed by atoms with Crippen LogP contribution in [0.2, 0.25) is 0 Å². The molecule has 126 valence electrons. The number of aryl methyl sites for hydroxylation is 1. The predicted molar refractivity (Wildman–Crippen MR) is 102 cm³/mol. The van der Waals surface area contributed by atoms with E-state index in [1.807, 2.05) is 78.3 Å². The summed E-state index contributed by atoms with van der Waals surface area (Å²) < 4.78 is 7.96. The van der Waals surface area contributed by atoms with Crippen molar-refractivity contribution in [2.24, 2.45) is 0 Å². The molecule has 0 saturated heterocycles. The molecule has 0 aliphatic rings. The molecule has 0 radical (unpaired) electrons. The van der Waals surface area contributed by atoms with Crippen LogP contribution in [0.3, 0.4) is 0 Å². The molecule has 0 amide bonds. The summed E-state index contributed by atoms with van der Waals surface area (Å²) in [6, 6.07) is 19.6. The van der Waals surface area contributed by atoms with E-state index in [1.165, 1.54) is 0 Å². The molecule has 0 aliphatic heterocycles. The van der Waals surface area contributed by atoms with Gasteiger partial charge in [-0.25, -0.2) is 9.83 Å². The lowest BCUT2D eigenvalue weighted by Crippen LogP contribution is -1.97. The van der Waals surface area contributed by atoms with Crippen molar-refractivity contribution in [3.63, 3.8) is 0 Å². The maximum Gasteiger partial charge on any atom is 0.187 e. The van der Waals surface area contributed by atoms with Gasteiger partial charge in [0.05, 0.1) is 12.3 Å². The van der Waals surface area contributed by atoms with Crippen LogP contribution in [-0.4, -0.2) is 9.38 Å². The lowest BCUT2D eigenvalue weighted by Gasteiger charge is -2.10. The molecule has 0 unspecified atom stereocenters. The highest BCUT2D eigenvalue weighted by atomic mass is 16.5. The Morgan fingerprint density at radius 3 is 2.65 bits per heavy atom. The van der Waals surface area contributed by atoms with Crippen molar-refractivity contribution < 1.29 is 4.74 Å². The first-order valence-corrected chi connectivity index (χ1v) is 8.37. The first-order chi connectivity index (χ1) is 12.7. The Kier molecular flexibility index (Phi) is 4.12. The minimum Gasteiger partial charge on any atom is -0.489 e. The maximum absolute atomic E-state index is 6.99. The van der Waals surface area contributed by atoms with Crippen LogP contribution in [0.15, 0.2) is 73.1 Å². The van der Waals surface area contributed by atoms with Gasteiger partial charge in [-0.2, -0.15) is 0 Å². The van der Waals surface area contributed by atoms with Crippen LogP contribution in [0.25, 0.3) is 21.7 Å². The van der Waals surface area contributed by atoms with Crippen molar-refractivity contribution in [2.45, 2.75) is 13.5 Å². The fraction of sp³-hybridized carbons (Fsp3) is 0.0909. The SMILES string of the molecule is [C-]#[N+]c1ccc(COc2ccc(-c3cn4ccccc4n3)cc2C)cc1. The van der Waals surface area contributed by atoms with E-state index in [4.69, 9.17) is 11.3 Å². The molecule has 4 nitrogen and oxygen atoms in total. The molecular weight excluding hydrogens is 322 g/mol. The summed E-state index contributed by atoms with van der Waals surface area (Å²) in [4.78, 5) is 8.06. The Morgan fingerprint density at radius 1 is 1.08 bits per heavy atom. The van der Waals surface area contributed by atoms with Gasteiger partial charge in [0.1, 0.15) is 18.0 Å². The van der Waals surface area contributed by atoms with Crippen molar-refractivity contribution in [1.29, 1.82) is 0 Å². The molecular formula is C22H17N3O. The monoisotopic (exact) mass is 339 g/mol. The standard InChI is InChI=1S/C22H17N3O/c1-16-13-18(20-14-25-12-4-3-5-22(25)24-20)8-11-21(16)26-15-17-6-9-19(23-2)10-7-17/h3-14H,15H2,1H3. The van der Waals surface area contributed by atoms with Crippen LogP contribution in [0.5, 0.6) is 5.75 Å². The zero-order valence-electron chi connectivity index (χ0n) is 14.4. The highest BCUT2D eigenvalue weighted by molar-refractivity contribution is 5.64. The van der Waals surface area contributed by atoms with E-state index >= 15 is 0 Å². The molecule has 0 spiro atoms. The lowest BCUT2D eigenvalue weighted by molar-refractivity contribution is 0.304. The van der Waals surface area contributed by atoms with E-state index in [0.717, 1.165) is 33.8 Å². The van der Waals surface area contributed by atoms with E-state index in [1.54, 1.807) is 0 Å². The van der Waals surface area contributed by atoms with Crippen LogP contribution < -0.4 is 4.74 Å². The Bertz CT molecular complexity index is 1070. The highest BCUT2D eigenvalue weighted by Crippen LogP contribution is 2.27. The number of ether oxygens (including phenoxy) is 1. The van der Waals surface area contributed by atoms with Gasteiger partial charge in [0.2, 0.25) is 0 Å². The van der Waals surface area contributed by atoms with E-state index in [9.17, 15) is 0 Å². The second-order valence-corrected chi connectivity index (χ2v) is 6.14. The summed E-state index contributed by atoms with van der Waals surface area (Å²) >= 11 is 0. The van der Waals surface area contributed by atoms with Crippen molar-refractivity contribution >= 4 is 11.3 Å². The molecule has 0 fully saturated rings. The minimum absolute atomic E-state index is 0.479. The Hall–Kier alpha value is -3.58. The van der Waals surface area contributed by atoms with Gasteiger partial charge in [-0.3, -0.25) is 0 Å². The quantitative estimate of drug-likeness (QED) is 0.464. The summed E-state index contributed by atoms with van der Waals surface area (Å²) in [5, 5.41) is 0. The van der Waals surface area contributed by atoms with Gasteiger partial charge < -0.3 is 9.14 Å². The number of nitrogens with zero attached hydrogens (tertiary/aromatic N) is 3. The average molecular weight is 339 g/mol. The molecule has 2 aromatic carbocycles. The first kappa shape index (κ1) is 15.9. The molecule has 2 heterocycles. The molecule has 0 aliphatic carbocycles. The molecule has 0 saturated carbocycles. The summed E-state index contributed by atoms with van der Waals surface area (Å²) in [5.74, 6) is 0.853. The lowest BCUT2D eigenvalue weighted by atomic mass is 10.1. The average Bonchev–Trinajstić information content (AvgIpc) is 3.11. The molecule has 0 atom stereocenters. The van der Waals surface area contributed by atoms with Crippen LogP contribution >= 0.6 is 0 Å². The first-order valence-electron chi connectivity index (χ1n) is 8.37. The minimum atomic E-state index is 0.479. The Labute approximate surface area is 152 Å². The van der Waals surface area contributed by atoms with Gasteiger partial charge in [0.25, 0.3) is 0 Å². The van der Waals surface area contributed by atoms with E-state index in [0.29, 0.717) is 12.3 Å².